The molecular weight excluding hydrogens is 1460 g/mol. The van der Waals surface area contributed by atoms with E-state index in [1.54, 1.807) is 0 Å². The van der Waals surface area contributed by atoms with E-state index in [4.69, 9.17) is 37.9 Å². The maximum atomic E-state index is 13.5. The molecule has 18 rings (SSSR count). The molecule has 18 aliphatic carbocycles. The van der Waals surface area contributed by atoms with E-state index in [1.807, 2.05) is 69.2 Å². The fraction of sp³-hybridized carbons (Fsp3) is 0.920. The third kappa shape index (κ3) is 21.2. The van der Waals surface area contributed by atoms with Gasteiger partial charge in [-0.3, -0.25) is 38.4 Å². The average molecular weight is 1630 g/mol. The highest BCUT2D eigenvalue weighted by Gasteiger charge is 2.63. The monoisotopic (exact) mass is 1630 g/mol. The molecule has 0 N–H and O–H groups in total. The third-order valence-corrected chi connectivity index (χ3v) is 33.6. The maximum Gasteiger partial charge on any atom is 0.311 e. The number of carbonyl (C=O) groups is 8. The van der Waals surface area contributed by atoms with Gasteiger partial charge in [0.1, 0.15) is 46.8 Å². The minimum atomic E-state index is -0.452. The van der Waals surface area contributed by atoms with E-state index in [1.165, 1.54) is 77.0 Å². The molecule has 18 atom stereocenters. The zero-order chi connectivity index (χ0) is 77.2. The molecule has 0 radical (unpaired) electrons. The molecule has 16 bridgehead atoms. The molecule has 0 amide bonds. The molecule has 16 nitrogen and oxygen atoms in total. The Morgan fingerprint density at radius 2 is 0.621 bits per heavy atom. The van der Waals surface area contributed by atoms with E-state index in [-0.39, 0.29) is 213 Å². The van der Waals surface area contributed by atoms with Crippen molar-refractivity contribution in [2.75, 3.05) is 0 Å². The molecule has 0 aliphatic heterocycles. The Labute approximate surface area is 708 Å². The van der Waals surface area contributed by atoms with Gasteiger partial charge in [0.25, 0.3) is 0 Å². The van der Waals surface area contributed by atoms with Crippen molar-refractivity contribution < 1.29 is 76.3 Å². The number of ether oxygens (including phenoxy) is 8. The second kappa shape index (κ2) is 41.3. The Kier molecular flexibility index (Phi) is 36.4. The van der Waals surface area contributed by atoms with Gasteiger partial charge in [-0.2, -0.15) is 0 Å². The van der Waals surface area contributed by atoms with Gasteiger partial charge >= 0.3 is 47.8 Å². The van der Waals surface area contributed by atoms with Gasteiger partial charge in [-0.05, 0) is 344 Å². The zero-order valence-electron chi connectivity index (χ0n) is 69.4. The van der Waals surface area contributed by atoms with Crippen LogP contribution in [-0.2, 0) is 76.3 Å². The van der Waals surface area contributed by atoms with E-state index in [0.717, 1.165) is 191 Å². The predicted octanol–water partition coefficient (Wildman–Crippen LogP) is 24.7. The van der Waals surface area contributed by atoms with E-state index in [2.05, 4.69) is 27.7 Å². The first-order valence-corrected chi connectivity index (χ1v) is 45.1. The number of esters is 8. The van der Waals surface area contributed by atoms with E-state index >= 15 is 0 Å². The summed E-state index contributed by atoms with van der Waals surface area (Å²) in [4.78, 5) is 102. The molecule has 0 saturated heterocycles. The normalized spacial score (nSPS) is 38.6. The number of hydrogen-bond acceptors (Lipinski definition) is 16. The fourth-order valence-corrected chi connectivity index (χ4v) is 25.9. The van der Waals surface area contributed by atoms with Gasteiger partial charge in [0.2, 0.25) is 0 Å². The Hall–Kier alpha value is -4.24. The number of fused-ring (bicyclic) bond motifs is 8. The molecule has 0 spiro atoms. The van der Waals surface area contributed by atoms with Crippen molar-refractivity contribution in [1.29, 1.82) is 0 Å². The van der Waals surface area contributed by atoms with Crippen molar-refractivity contribution in [3.8, 4) is 0 Å². The standard InChI is InChI=1S/C25H38O4.C24H36O4.C22H36O4.C21H34O4.8CH4/c1-4-14(3)23(26)28-22-13-17-11-20(22)21(12-17)24(27)29-25(5-2)18-7-15-6-16(9-18)10-19(25)8-15;1-4-13(2)22(25)27-21-12-16-10-19(21)20(11-16)23(26)28-24(3)17-6-14-5-15(8-17)9-18(24)7-14;1-5-21(3,4)20(24)25-18-14-15-12-16(18)17(13-15)19(23)26-22(6-2)10-8-7-9-11-22;1-5-20(2,3)19(23)24-17-13-14-11-15(17)16(12-14)18(22)25-21(4)9-7-6-8-10-21;;;;;;;;/h14-22H,4-13H2,1-3H3;13-21H,4-12H2,1-3H3;15-18H,5-14H2,1-4H3;14-17H,5-13H2,1-4H3;8*1H4. The first kappa shape index (κ1) is 102. The number of carbonyl (C=O) groups excluding carboxylic acids is 8. The summed E-state index contributed by atoms with van der Waals surface area (Å²) in [7, 11) is 0. The first-order chi connectivity index (χ1) is 51.3. The molecule has 0 heterocycles. The van der Waals surface area contributed by atoms with Crippen molar-refractivity contribution in [1.82, 2.24) is 0 Å². The smallest absolute Gasteiger partial charge is 0.311 e. The quantitative estimate of drug-likeness (QED) is 0.0729. The second-order valence-electron chi connectivity index (χ2n) is 41.2. The largest absolute Gasteiger partial charge is 0.462 e. The summed E-state index contributed by atoms with van der Waals surface area (Å²) in [6.07, 6.45) is 40.0. The highest BCUT2D eigenvalue weighted by molar-refractivity contribution is 5.79. The minimum absolute atomic E-state index is 0. The molecule has 16 heteroatoms. The lowest BCUT2D eigenvalue weighted by Crippen LogP contribution is -2.60. The van der Waals surface area contributed by atoms with Gasteiger partial charge in [-0.25, -0.2) is 0 Å². The molecular formula is C100H176O16. The van der Waals surface area contributed by atoms with Gasteiger partial charge in [0.15, 0.2) is 0 Å². The lowest BCUT2D eigenvalue weighted by Gasteiger charge is -2.60. The van der Waals surface area contributed by atoms with Crippen molar-refractivity contribution in [3.63, 3.8) is 0 Å². The molecule has 18 aliphatic rings. The van der Waals surface area contributed by atoms with Gasteiger partial charge in [0, 0.05) is 23.7 Å². The third-order valence-electron chi connectivity index (χ3n) is 33.6. The van der Waals surface area contributed by atoms with Crippen LogP contribution in [-0.4, -0.2) is 94.6 Å². The molecule has 18 fully saturated rings. The molecule has 672 valence electrons. The number of hydrogen-bond donors (Lipinski definition) is 0. The van der Waals surface area contributed by atoms with Crippen LogP contribution < -0.4 is 0 Å². The fourth-order valence-electron chi connectivity index (χ4n) is 25.9. The van der Waals surface area contributed by atoms with Crippen LogP contribution in [0.4, 0.5) is 0 Å². The van der Waals surface area contributed by atoms with Gasteiger partial charge in [-0.15, -0.1) is 0 Å². The van der Waals surface area contributed by atoms with E-state index in [0.29, 0.717) is 47.3 Å². The highest BCUT2D eigenvalue weighted by atomic mass is 16.6. The summed E-state index contributed by atoms with van der Waals surface area (Å²) in [5, 5.41) is 0. The van der Waals surface area contributed by atoms with Crippen LogP contribution >= 0.6 is 0 Å². The SMILES string of the molecule is C.C.C.C.C.C.C.C.CCC(C)(C)C(=O)OC1CC2CC(C(=O)OC3(C)CCCCC3)C1C2.CCC(C)C(=O)OC1CC2CC(C(=O)OC3(C)C4CC5CC(C4)CC3C5)C1C2.CCC(C)C(=O)OC1CC2CC(C(=O)OC3(CC)C4CC5CC(C4)CC3C5)C1C2.CCC1(OC(=O)C2CC3CC(OC(=O)C(C)(C)CC)C2C3)CCCCC1. The molecule has 0 aromatic carbocycles. The molecule has 18 unspecified atom stereocenters. The molecule has 0 aromatic heterocycles. The summed E-state index contributed by atoms with van der Waals surface area (Å²) in [6, 6.07) is 0. The van der Waals surface area contributed by atoms with Crippen LogP contribution in [0, 0.1) is 141 Å². The summed E-state index contributed by atoms with van der Waals surface area (Å²) in [5.74, 6) is 7.57. The van der Waals surface area contributed by atoms with Crippen LogP contribution in [0.25, 0.3) is 0 Å². The maximum absolute atomic E-state index is 13.5. The Morgan fingerprint density at radius 3 is 0.931 bits per heavy atom. The summed E-state index contributed by atoms with van der Waals surface area (Å²) >= 11 is 0. The van der Waals surface area contributed by atoms with Crippen LogP contribution in [0.3, 0.4) is 0 Å². The van der Waals surface area contributed by atoms with Crippen molar-refractivity contribution in [2.24, 2.45) is 141 Å². The van der Waals surface area contributed by atoms with Crippen molar-refractivity contribution in [2.45, 2.75) is 447 Å². The highest BCUT2D eigenvalue weighted by Crippen LogP contribution is 2.64. The zero-order valence-corrected chi connectivity index (χ0v) is 69.4. The molecule has 116 heavy (non-hydrogen) atoms. The van der Waals surface area contributed by atoms with Crippen LogP contribution in [0.15, 0.2) is 0 Å². The van der Waals surface area contributed by atoms with Crippen LogP contribution in [0.1, 0.15) is 400 Å². The summed E-state index contributed by atoms with van der Waals surface area (Å²) in [6.45, 7) is 28.3. The second-order valence-corrected chi connectivity index (χ2v) is 41.2. The van der Waals surface area contributed by atoms with Crippen molar-refractivity contribution >= 4 is 47.8 Å². The lowest BCUT2D eigenvalue weighted by atomic mass is 9.49. The Morgan fingerprint density at radius 1 is 0.328 bits per heavy atom. The Balaban J connectivity index is 0.000000270. The van der Waals surface area contributed by atoms with Gasteiger partial charge < -0.3 is 37.9 Å². The topological polar surface area (TPSA) is 210 Å². The minimum Gasteiger partial charge on any atom is -0.462 e. The molecule has 0 aromatic rings. The Bertz CT molecular complexity index is 3150. The predicted molar refractivity (Wildman–Crippen MR) is 465 cm³/mol. The van der Waals surface area contributed by atoms with E-state index in [9.17, 15) is 38.4 Å². The van der Waals surface area contributed by atoms with Gasteiger partial charge in [0.05, 0.1) is 46.3 Å². The van der Waals surface area contributed by atoms with Crippen molar-refractivity contribution in [3.05, 3.63) is 0 Å². The first-order valence-electron chi connectivity index (χ1n) is 45.1. The van der Waals surface area contributed by atoms with Crippen LogP contribution in [0.2, 0.25) is 0 Å². The number of rotatable bonds is 22. The summed E-state index contributed by atoms with van der Waals surface area (Å²) < 4.78 is 48.5. The lowest BCUT2D eigenvalue weighted by molar-refractivity contribution is -0.217. The van der Waals surface area contributed by atoms with E-state index < -0.39 is 10.8 Å². The average Bonchev–Trinajstić information content (AvgIpc) is 0.944. The van der Waals surface area contributed by atoms with Gasteiger partial charge in [-0.1, -0.05) is 128 Å². The molecule has 18 saturated carbocycles. The van der Waals surface area contributed by atoms with Crippen LogP contribution in [0.5, 0.6) is 0 Å². The summed E-state index contributed by atoms with van der Waals surface area (Å²) in [5.41, 5.74) is -1.90.